The molecule has 8 nitrogen and oxygen atoms in total. The summed E-state index contributed by atoms with van der Waals surface area (Å²) in [7, 11) is 0. The fraction of sp³-hybridized carbons (Fsp3) is 0.267. The molecule has 2 aromatic rings. The smallest absolute Gasteiger partial charge is 0.420 e. The van der Waals surface area contributed by atoms with Gasteiger partial charge in [0.2, 0.25) is 5.76 Å². The van der Waals surface area contributed by atoms with E-state index in [9.17, 15) is 18.8 Å². The van der Waals surface area contributed by atoms with Gasteiger partial charge in [-0.1, -0.05) is 11.6 Å². The minimum Gasteiger partial charge on any atom is -0.449 e. The Kier molecular flexibility index (Phi) is 4.49. The average Bonchev–Trinajstić information content (AvgIpc) is 3.12. The number of nitrogens with two attached hydrogens (primary N) is 1. The molecule has 1 saturated heterocycles. The number of ether oxygens (including phenoxy) is 1. The van der Waals surface area contributed by atoms with Gasteiger partial charge in [-0.25, -0.2) is 14.0 Å². The number of carbonyl (C=O) groups is 3. The van der Waals surface area contributed by atoms with E-state index in [1.54, 1.807) is 0 Å². The number of nitrogens with zero attached hydrogens (tertiary/aromatic N) is 1. The van der Waals surface area contributed by atoms with Crippen LogP contribution < -0.4 is 11.1 Å². The van der Waals surface area contributed by atoms with Crippen molar-refractivity contribution < 1.29 is 27.9 Å². The number of likely N-dealkylation sites (tertiary alicyclic amines) is 1. The highest BCUT2D eigenvalue weighted by Crippen LogP contribution is 2.32. The van der Waals surface area contributed by atoms with Crippen LogP contribution in [0.5, 0.6) is 0 Å². The normalized spacial score (nSPS) is 16.9. The topological polar surface area (TPSA) is 115 Å². The second-order valence-corrected chi connectivity index (χ2v) is 5.86. The van der Waals surface area contributed by atoms with Crippen molar-refractivity contribution in [1.82, 2.24) is 4.90 Å². The third-order valence-corrected chi connectivity index (χ3v) is 3.90. The Morgan fingerprint density at radius 1 is 1.40 bits per heavy atom. The van der Waals surface area contributed by atoms with E-state index in [-0.39, 0.29) is 36.5 Å². The van der Waals surface area contributed by atoms with Gasteiger partial charge < -0.3 is 19.8 Å². The van der Waals surface area contributed by atoms with E-state index in [0.29, 0.717) is 10.4 Å². The molecule has 3 rings (SSSR count). The number of amides is 3. The molecule has 1 fully saturated rings. The van der Waals surface area contributed by atoms with Crippen LogP contribution in [0.4, 0.5) is 19.7 Å². The molecule has 132 valence electrons. The molecular weight excluding hydrogens is 357 g/mol. The quantitative estimate of drug-likeness (QED) is 0.790. The summed E-state index contributed by atoms with van der Waals surface area (Å²) in [6.07, 6.45) is -3.09. The van der Waals surface area contributed by atoms with Crippen molar-refractivity contribution in [3.63, 3.8) is 0 Å². The van der Waals surface area contributed by atoms with E-state index in [4.69, 9.17) is 21.8 Å². The van der Waals surface area contributed by atoms with Crippen LogP contribution >= 0.6 is 11.6 Å². The largest absolute Gasteiger partial charge is 0.449 e. The standard InChI is InChI=1S/C15H13ClFN3O5/c16-7-1-2-10-9(5-7)11(12(24-10)13(18)21)19-14(22)25-15(23)20-4-3-8(17)6-20/h1-2,5,8H,3-4,6H2,(H2,18,21)(H,19,22). The molecule has 1 atom stereocenters. The predicted molar refractivity (Wildman–Crippen MR) is 86.3 cm³/mol. The Labute approximate surface area is 145 Å². The van der Waals surface area contributed by atoms with E-state index in [0.717, 1.165) is 4.90 Å². The van der Waals surface area contributed by atoms with Gasteiger partial charge in [-0.15, -0.1) is 0 Å². The summed E-state index contributed by atoms with van der Waals surface area (Å²) in [5, 5.41) is 2.90. The van der Waals surface area contributed by atoms with Crippen LogP contribution in [0.2, 0.25) is 5.02 Å². The molecule has 0 saturated carbocycles. The first-order chi connectivity index (χ1) is 11.8. The Morgan fingerprint density at radius 3 is 2.80 bits per heavy atom. The maximum Gasteiger partial charge on any atom is 0.420 e. The zero-order chi connectivity index (χ0) is 18.1. The molecule has 2 heterocycles. The molecule has 1 unspecified atom stereocenters. The zero-order valence-corrected chi connectivity index (χ0v) is 13.5. The van der Waals surface area contributed by atoms with Crippen molar-refractivity contribution in [3.8, 4) is 0 Å². The van der Waals surface area contributed by atoms with E-state index in [2.05, 4.69) is 10.1 Å². The lowest BCUT2D eigenvalue weighted by molar-refractivity contribution is 0.0977. The van der Waals surface area contributed by atoms with Crippen molar-refractivity contribution in [3.05, 3.63) is 29.0 Å². The second kappa shape index (κ2) is 6.60. The van der Waals surface area contributed by atoms with Gasteiger partial charge in [-0.05, 0) is 24.6 Å². The van der Waals surface area contributed by atoms with Crippen LogP contribution in [0.15, 0.2) is 22.6 Å². The maximum atomic E-state index is 13.1. The van der Waals surface area contributed by atoms with Gasteiger partial charge in [-0.2, -0.15) is 0 Å². The molecule has 3 N–H and O–H groups in total. The number of halogens is 2. The molecule has 0 radical (unpaired) electrons. The van der Waals surface area contributed by atoms with Crippen molar-refractivity contribution in [2.45, 2.75) is 12.6 Å². The fourth-order valence-electron chi connectivity index (χ4n) is 2.52. The number of nitrogens with one attached hydrogen (secondary N) is 1. The number of anilines is 1. The van der Waals surface area contributed by atoms with Crippen LogP contribution in [0, 0.1) is 0 Å². The number of hydrogen-bond donors (Lipinski definition) is 2. The number of rotatable bonds is 2. The predicted octanol–water partition coefficient (Wildman–Crippen LogP) is 2.90. The van der Waals surface area contributed by atoms with Crippen molar-refractivity contribution in [2.24, 2.45) is 5.73 Å². The van der Waals surface area contributed by atoms with Crippen LogP contribution in [-0.2, 0) is 4.74 Å². The number of carbonyl (C=O) groups excluding carboxylic acids is 3. The molecule has 0 spiro atoms. The molecule has 1 aromatic carbocycles. The summed E-state index contributed by atoms with van der Waals surface area (Å²) in [4.78, 5) is 36.4. The molecule has 0 aliphatic carbocycles. The summed E-state index contributed by atoms with van der Waals surface area (Å²) in [5.74, 6) is -1.24. The Morgan fingerprint density at radius 2 is 2.16 bits per heavy atom. The minimum absolute atomic E-state index is 0.0624. The third-order valence-electron chi connectivity index (χ3n) is 3.67. The van der Waals surface area contributed by atoms with Crippen LogP contribution in [0.1, 0.15) is 17.0 Å². The van der Waals surface area contributed by atoms with E-state index in [1.807, 2.05) is 0 Å². The molecular formula is C15H13ClFN3O5. The average molecular weight is 370 g/mol. The van der Waals surface area contributed by atoms with Gasteiger partial charge >= 0.3 is 12.2 Å². The van der Waals surface area contributed by atoms with Gasteiger partial charge in [0, 0.05) is 17.0 Å². The number of furan rings is 1. The van der Waals surface area contributed by atoms with Gasteiger partial charge in [-0.3, -0.25) is 10.1 Å². The third kappa shape index (κ3) is 3.50. The molecule has 1 aliphatic heterocycles. The molecule has 25 heavy (non-hydrogen) atoms. The van der Waals surface area contributed by atoms with E-state index < -0.39 is 24.3 Å². The minimum atomic E-state index is -1.16. The van der Waals surface area contributed by atoms with Gasteiger partial charge in [0.1, 0.15) is 17.4 Å². The van der Waals surface area contributed by atoms with Crippen molar-refractivity contribution in [2.75, 3.05) is 18.4 Å². The Balaban J connectivity index is 1.80. The number of fused-ring (bicyclic) bond motifs is 1. The maximum absolute atomic E-state index is 13.1. The number of hydrogen-bond acceptors (Lipinski definition) is 5. The zero-order valence-electron chi connectivity index (χ0n) is 12.8. The summed E-state index contributed by atoms with van der Waals surface area (Å²) >= 11 is 5.90. The van der Waals surface area contributed by atoms with Crippen molar-refractivity contribution >= 4 is 46.4 Å². The van der Waals surface area contributed by atoms with Gasteiger partial charge in [0.15, 0.2) is 0 Å². The first kappa shape index (κ1) is 17.0. The summed E-state index contributed by atoms with van der Waals surface area (Å²) in [5.41, 5.74) is 5.43. The summed E-state index contributed by atoms with van der Waals surface area (Å²) in [6.45, 7) is 0.0208. The fourth-order valence-corrected chi connectivity index (χ4v) is 2.69. The molecule has 1 aliphatic rings. The lowest BCUT2D eigenvalue weighted by Crippen LogP contribution is -2.33. The highest BCUT2D eigenvalue weighted by Gasteiger charge is 2.29. The number of alkyl halides is 1. The Hall–Kier alpha value is -2.81. The van der Waals surface area contributed by atoms with E-state index in [1.165, 1.54) is 18.2 Å². The van der Waals surface area contributed by atoms with Crippen LogP contribution in [0.3, 0.4) is 0 Å². The summed E-state index contributed by atoms with van der Waals surface area (Å²) < 4.78 is 23.0. The number of primary amides is 1. The first-order valence-electron chi connectivity index (χ1n) is 7.29. The molecule has 3 amide bonds. The lowest BCUT2D eigenvalue weighted by atomic mass is 10.2. The van der Waals surface area contributed by atoms with E-state index >= 15 is 0 Å². The SMILES string of the molecule is NC(=O)c1oc2ccc(Cl)cc2c1NC(=O)OC(=O)N1CCC(F)C1. The lowest BCUT2D eigenvalue weighted by Gasteiger charge is -2.14. The van der Waals surface area contributed by atoms with Gasteiger partial charge in [0.25, 0.3) is 5.91 Å². The Bertz CT molecular complexity index is 868. The molecule has 0 bridgehead atoms. The second-order valence-electron chi connectivity index (χ2n) is 5.42. The molecule has 10 heteroatoms. The molecule has 1 aromatic heterocycles. The highest BCUT2D eigenvalue weighted by atomic mass is 35.5. The summed E-state index contributed by atoms with van der Waals surface area (Å²) in [6, 6.07) is 4.49. The van der Waals surface area contributed by atoms with Crippen molar-refractivity contribution in [1.29, 1.82) is 0 Å². The van der Waals surface area contributed by atoms with Crippen LogP contribution in [0.25, 0.3) is 11.0 Å². The highest BCUT2D eigenvalue weighted by molar-refractivity contribution is 6.31. The van der Waals surface area contributed by atoms with Gasteiger partial charge in [0.05, 0.1) is 6.54 Å². The number of benzene rings is 1. The monoisotopic (exact) mass is 369 g/mol. The first-order valence-corrected chi connectivity index (χ1v) is 7.66. The van der Waals surface area contributed by atoms with Crippen LogP contribution in [-0.4, -0.2) is 42.3 Å².